The van der Waals surface area contributed by atoms with Crippen molar-refractivity contribution in [1.29, 1.82) is 0 Å². The van der Waals surface area contributed by atoms with Crippen LogP contribution in [0.5, 0.6) is 17.4 Å². The Morgan fingerprint density at radius 1 is 1.00 bits per heavy atom. The number of ether oxygens (including phenoxy) is 2. The molecule has 0 aliphatic carbocycles. The monoisotopic (exact) mass is 360 g/mol. The van der Waals surface area contributed by atoms with Gasteiger partial charge in [-0.05, 0) is 45.4 Å². The predicted octanol–water partition coefficient (Wildman–Crippen LogP) is 4.14. The Morgan fingerprint density at radius 2 is 1.62 bits per heavy atom. The largest absolute Gasteiger partial charge is 0.471 e. The van der Waals surface area contributed by atoms with Crippen molar-refractivity contribution in [2.45, 2.75) is 33.8 Å². The van der Waals surface area contributed by atoms with E-state index in [-0.39, 0.29) is 17.7 Å². The molecule has 0 atom stereocenters. The first-order chi connectivity index (χ1) is 12.4. The first kappa shape index (κ1) is 17.8. The van der Waals surface area contributed by atoms with E-state index in [2.05, 4.69) is 15.1 Å². The van der Waals surface area contributed by atoms with Gasteiger partial charge in [0.15, 0.2) is 17.4 Å². The van der Waals surface area contributed by atoms with Crippen molar-refractivity contribution in [3.05, 3.63) is 53.5 Å². The van der Waals surface area contributed by atoms with Gasteiger partial charge in [0.1, 0.15) is 0 Å². The molecule has 0 aliphatic heterocycles. The van der Waals surface area contributed by atoms with E-state index in [1.165, 1.54) is 10.7 Å². The molecule has 2 aromatic heterocycles. The Balaban J connectivity index is 2.09. The molecule has 8 heteroatoms. The zero-order valence-electron chi connectivity index (χ0n) is 14.8. The molecule has 0 radical (unpaired) electrons. The highest BCUT2D eigenvalue weighted by atomic mass is 19.1. The topological polar surface area (TPSA) is 62.1 Å². The fraction of sp³-hybridized carbons (Fsp3) is 0.278. The number of hydrogen-bond donors (Lipinski definition) is 0. The highest BCUT2D eigenvalue weighted by Gasteiger charge is 2.24. The van der Waals surface area contributed by atoms with Crippen LogP contribution in [0.25, 0.3) is 5.95 Å². The number of rotatable bonds is 5. The van der Waals surface area contributed by atoms with Gasteiger partial charge in [0.2, 0.25) is 5.75 Å². The molecular weight excluding hydrogens is 342 g/mol. The summed E-state index contributed by atoms with van der Waals surface area (Å²) in [5.74, 6) is -1.66. The zero-order chi connectivity index (χ0) is 18.8. The molecule has 136 valence electrons. The number of nitrogens with zero attached hydrogens (tertiary/aromatic N) is 4. The van der Waals surface area contributed by atoms with Crippen LogP contribution in [0.2, 0.25) is 0 Å². The van der Waals surface area contributed by atoms with Crippen LogP contribution in [0.1, 0.15) is 25.1 Å². The van der Waals surface area contributed by atoms with Gasteiger partial charge in [-0.3, -0.25) is 0 Å². The van der Waals surface area contributed by atoms with E-state index >= 15 is 0 Å². The van der Waals surface area contributed by atoms with Crippen molar-refractivity contribution in [3.63, 3.8) is 0 Å². The van der Waals surface area contributed by atoms with Gasteiger partial charge in [0, 0.05) is 12.4 Å². The van der Waals surface area contributed by atoms with Crippen LogP contribution in [0.3, 0.4) is 0 Å². The third-order valence-electron chi connectivity index (χ3n) is 3.46. The SMILES string of the molecule is Cc1cnc(-n2nc(OC(C)C)c(Oc3c(F)cccc3F)c2C)nc1. The first-order valence-electron chi connectivity index (χ1n) is 8.04. The van der Waals surface area contributed by atoms with Crippen molar-refractivity contribution in [1.82, 2.24) is 19.7 Å². The molecule has 0 aliphatic rings. The molecule has 0 saturated heterocycles. The third kappa shape index (κ3) is 3.49. The number of aromatic nitrogens is 4. The van der Waals surface area contributed by atoms with Gasteiger partial charge in [-0.15, -0.1) is 5.10 Å². The zero-order valence-corrected chi connectivity index (χ0v) is 14.8. The first-order valence-corrected chi connectivity index (χ1v) is 8.04. The van der Waals surface area contributed by atoms with Crippen molar-refractivity contribution >= 4 is 0 Å². The van der Waals surface area contributed by atoms with Crippen LogP contribution in [-0.4, -0.2) is 25.9 Å². The molecule has 0 unspecified atom stereocenters. The van der Waals surface area contributed by atoms with Crippen molar-refractivity contribution in [2.75, 3.05) is 0 Å². The van der Waals surface area contributed by atoms with E-state index in [0.29, 0.717) is 11.6 Å². The fourth-order valence-electron chi connectivity index (χ4n) is 2.25. The van der Waals surface area contributed by atoms with E-state index in [1.54, 1.807) is 19.3 Å². The van der Waals surface area contributed by atoms with Crippen LogP contribution in [0.15, 0.2) is 30.6 Å². The summed E-state index contributed by atoms with van der Waals surface area (Å²) in [6, 6.07) is 3.49. The maximum atomic E-state index is 14.0. The highest BCUT2D eigenvalue weighted by molar-refractivity contribution is 5.45. The lowest BCUT2D eigenvalue weighted by Crippen LogP contribution is -2.08. The van der Waals surface area contributed by atoms with Gasteiger partial charge < -0.3 is 9.47 Å². The van der Waals surface area contributed by atoms with Gasteiger partial charge in [-0.2, -0.15) is 4.68 Å². The molecule has 3 aromatic rings. The van der Waals surface area contributed by atoms with Gasteiger partial charge in [0.05, 0.1) is 11.8 Å². The van der Waals surface area contributed by atoms with Gasteiger partial charge in [-0.25, -0.2) is 18.7 Å². The van der Waals surface area contributed by atoms with E-state index in [0.717, 1.165) is 17.7 Å². The molecule has 0 fully saturated rings. The summed E-state index contributed by atoms with van der Waals surface area (Å²) >= 11 is 0. The molecule has 3 rings (SSSR count). The second kappa shape index (κ2) is 7.07. The smallest absolute Gasteiger partial charge is 0.277 e. The fourth-order valence-corrected chi connectivity index (χ4v) is 2.25. The van der Waals surface area contributed by atoms with Crippen molar-refractivity contribution < 1.29 is 18.3 Å². The van der Waals surface area contributed by atoms with Gasteiger partial charge >= 0.3 is 0 Å². The lowest BCUT2D eigenvalue weighted by atomic mass is 10.3. The van der Waals surface area contributed by atoms with Gasteiger partial charge in [0.25, 0.3) is 11.8 Å². The van der Waals surface area contributed by atoms with E-state index in [1.807, 2.05) is 20.8 Å². The highest BCUT2D eigenvalue weighted by Crippen LogP contribution is 2.37. The molecule has 0 saturated carbocycles. The van der Waals surface area contributed by atoms with Gasteiger partial charge in [-0.1, -0.05) is 6.07 Å². The predicted molar refractivity (Wildman–Crippen MR) is 90.8 cm³/mol. The second-order valence-corrected chi connectivity index (χ2v) is 6.01. The van der Waals surface area contributed by atoms with E-state index < -0.39 is 17.4 Å². The molecule has 0 bridgehead atoms. The normalized spacial score (nSPS) is 11.0. The van der Waals surface area contributed by atoms with Crippen LogP contribution in [0.4, 0.5) is 8.78 Å². The molecule has 0 amide bonds. The average Bonchev–Trinajstić information content (AvgIpc) is 2.87. The quantitative estimate of drug-likeness (QED) is 0.684. The number of aryl methyl sites for hydroxylation is 1. The standard InChI is InChI=1S/C18H18F2N4O2/c1-10(2)25-17-15(26-16-13(19)6-5-7-14(16)20)12(4)24(23-17)18-21-8-11(3)9-22-18/h5-10H,1-4H3. The molecule has 26 heavy (non-hydrogen) atoms. The Kier molecular flexibility index (Phi) is 4.83. The minimum absolute atomic E-state index is 0.101. The third-order valence-corrected chi connectivity index (χ3v) is 3.46. The Labute approximate surface area is 149 Å². The minimum atomic E-state index is -0.820. The summed E-state index contributed by atoms with van der Waals surface area (Å²) in [7, 11) is 0. The summed E-state index contributed by atoms with van der Waals surface area (Å²) in [6.45, 7) is 7.16. The molecular formula is C18H18F2N4O2. The molecule has 1 aromatic carbocycles. The molecule has 6 nitrogen and oxygen atoms in total. The maximum Gasteiger partial charge on any atom is 0.277 e. The van der Waals surface area contributed by atoms with Crippen LogP contribution < -0.4 is 9.47 Å². The lowest BCUT2D eigenvalue weighted by Gasteiger charge is -2.11. The number of hydrogen-bond acceptors (Lipinski definition) is 5. The van der Waals surface area contributed by atoms with Crippen molar-refractivity contribution in [3.8, 4) is 23.3 Å². The minimum Gasteiger partial charge on any atom is -0.471 e. The van der Waals surface area contributed by atoms with Crippen molar-refractivity contribution in [2.24, 2.45) is 0 Å². The average molecular weight is 360 g/mol. The summed E-state index contributed by atoms with van der Waals surface area (Å²) in [4.78, 5) is 8.43. The van der Waals surface area contributed by atoms with Crippen LogP contribution in [-0.2, 0) is 0 Å². The summed E-state index contributed by atoms with van der Waals surface area (Å²) in [5.41, 5.74) is 1.34. The Hall–Kier alpha value is -3.03. The Morgan fingerprint density at radius 3 is 2.19 bits per heavy atom. The summed E-state index contributed by atoms with van der Waals surface area (Å²) < 4.78 is 40.5. The van der Waals surface area contributed by atoms with E-state index in [9.17, 15) is 8.78 Å². The number of para-hydroxylation sites is 1. The molecule has 0 spiro atoms. The molecule has 2 heterocycles. The summed E-state index contributed by atoms with van der Waals surface area (Å²) in [6.07, 6.45) is 3.07. The lowest BCUT2D eigenvalue weighted by molar-refractivity contribution is 0.222. The van der Waals surface area contributed by atoms with Crippen LogP contribution >= 0.6 is 0 Å². The van der Waals surface area contributed by atoms with E-state index in [4.69, 9.17) is 9.47 Å². The molecule has 0 N–H and O–H groups in total. The number of halogens is 2. The van der Waals surface area contributed by atoms with Crippen LogP contribution in [0, 0.1) is 25.5 Å². The maximum absolute atomic E-state index is 14.0. The Bertz CT molecular complexity index is 903. The second-order valence-electron chi connectivity index (χ2n) is 6.01. The summed E-state index contributed by atoms with van der Waals surface area (Å²) in [5, 5.41) is 4.30. The number of benzene rings is 1.